The van der Waals surface area contributed by atoms with Gasteiger partial charge < -0.3 is 15.3 Å². The van der Waals surface area contributed by atoms with E-state index in [0.29, 0.717) is 10.7 Å². The van der Waals surface area contributed by atoms with Gasteiger partial charge in [0.05, 0.1) is 17.5 Å². The summed E-state index contributed by atoms with van der Waals surface area (Å²) in [5.41, 5.74) is 0.268. The third-order valence-corrected chi connectivity index (χ3v) is 5.05. The number of nitrogens with one attached hydrogen (secondary N) is 1. The number of anilines is 1. The van der Waals surface area contributed by atoms with Crippen molar-refractivity contribution in [3.8, 4) is 0 Å². The summed E-state index contributed by atoms with van der Waals surface area (Å²) in [5.74, 6) is -2.98. The molecule has 1 unspecified atom stereocenters. The van der Waals surface area contributed by atoms with Crippen LogP contribution < -0.4 is 10.2 Å². The Morgan fingerprint density at radius 3 is 2.88 bits per heavy atom. The van der Waals surface area contributed by atoms with Gasteiger partial charge in [-0.1, -0.05) is 11.6 Å². The van der Waals surface area contributed by atoms with Crippen molar-refractivity contribution >= 4 is 46.4 Å². The largest absolute Gasteiger partial charge is 0.476 e. The van der Waals surface area contributed by atoms with Gasteiger partial charge in [0, 0.05) is 24.0 Å². The zero-order valence-electron chi connectivity index (χ0n) is 13.2. The van der Waals surface area contributed by atoms with Gasteiger partial charge in [0.1, 0.15) is 10.8 Å². The average Bonchev–Trinajstić information content (AvgIpc) is 3.22. The number of hydrogen-bond donors (Lipinski definition) is 2. The van der Waals surface area contributed by atoms with Crippen LogP contribution in [-0.2, 0) is 16.1 Å². The van der Waals surface area contributed by atoms with Crippen molar-refractivity contribution in [3.63, 3.8) is 0 Å². The average molecular weight is 398 g/mol. The Kier molecular flexibility index (Phi) is 5.19. The number of nitrogens with zero attached hydrogens (tertiary/aromatic N) is 2. The number of thiazole rings is 1. The number of carboxylic acid groups (broad SMARTS) is 1. The van der Waals surface area contributed by atoms with E-state index >= 15 is 0 Å². The Hall–Kier alpha value is -2.52. The first-order valence-electron chi connectivity index (χ1n) is 7.56. The van der Waals surface area contributed by atoms with Crippen molar-refractivity contribution in [2.24, 2.45) is 5.92 Å². The molecule has 1 aliphatic rings. The van der Waals surface area contributed by atoms with E-state index in [0.717, 1.165) is 17.4 Å². The lowest BCUT2D eigenvalue weighted by Crippen LogP contribution is -2.32. The normalized spacial score (nSPS) is 16.8. The summed E-state index contributed by atoms with van der Waals surface area (Å²) in [6.45, 7) is 0.209. The highest BCUT2D eigenvalue weighted by Crippen LogP contribution is 2.28. The molecular formula is C16H13ClFN3O4S. The number of hydrogen-bond acceptors (Lipinski definition) is 5. The van der Waals surface area contributed by atoms with Crippen molar-refractivity contribution in [3.05, 3.63) is 45.1 Å². The second-order valence-electron chi connectivity index (χ2n) is 5.65. The van der Waals surface area contributed by atoms with Crippen LogP contribution >= 0.6 is 22.9 Å². The zero-order valence-corrected chi connectivity index (χ0v) is 14.8. The molecule has 10 heteroatoms. The van der Waals surface area contributed by atoms with Crippen molar-refractivity contribution in [2.75, 3.05) is 11.4 Å². The van der Waals surface area contributed by atoms with Crippen molar-refractivity contribution < 1.29 is 23.9 Å². The lowest BCUT2D eigenvalue weighted by atomic mass is 10.1. The van der Waals surface area contributed by atoms with E-state index in [9.17, 15) is 18.8 Å². The third-order valence-electron chi connectivity index (χ3n) is 3.90. The predicted molar refractivity (Wildman–Crippen MR) is 92.8 cm³/mol. The van der Waals surface area contributed by atoms with E-state index in [4.69, 9.17) is 16.7 Å². The first-order chi connectivity index (χ1) is 12.3. The molecule has 0 aliphatic carbocycles. The molecule has 1 aromatic carbocycles. The molecule has 3 rings (SSSR count). The minimum absolute atomic E-state index is 0.00826. The molecule has 0 radical (unpaired) electrons. The fraction of sp³-hybridized carbons (Fsp3) is 0.250. The molecule has 7 nitrogen and oxygen atoms in total. The van der Waals surface area contributed by atoms with Gasteiger partial charge in [-0.05, 0) is 18.2 Å². The molecule has 2 amide bonds. The van der Waals surface area contributed by atoms with E-state index in [1.807, 2.05) is 0 Å². The minimum atomic E-state index is -1.13. The monoisotopic (exact) mass is 397 g/mol. The number of rotatable bonds is 5. The van der Waals surface area contributed by atoms with E-state index in [2.05, 4.69) is 10.3 Å². The molecular weight excluding hydrogens is 385 g/mol. The van der Waals surface area contributed by atoms with Crippen LogP contribution in [0, 0.1) is 11.7 Å². The molecule has 2 aromatic rings. The number of carbonyl (C=O) groups is 3. The number of aromatic nitrogens is 1. The number of amides is 2. The Labute approximate surface area is 156 Å². The summed E-state index contributed by atoms with van der Waals surface area (Å²) in [5, 5.41) is 13.3. The van der Waals surface area contributed by atoms with Gasteiger partial charge >= 0.3 is 5.97 Å². The maximum atomic E-state index is 13.6. The number of carbonyl (C=O) groups excluding carboxylic acids is 2. The molecule has 26 heavy (non-hydrogen) atoms. The fourth-order valence-electron chi connectivity index (χ4n) is 2.58. The second-order valence-corrected chi connectivity index (χ2v) is 7.00. The molecule has 1 aliphatic heterocycles. The maximum absolute atomic E-state index is 13.6. The number of aromatic carboxylic acids is 1. The molecule has 1 saturated heterocycles. The predicted octanol–water partition coefficient (Wildman–Crippen LogP) is 2.30. The molecule has 2 heterocycles. The van der Waals surface area contributed by atoms with E-state index in [-0.39, 0.29) is 42.0 Å². The van der Waals surface area contributed by atoms with Gasteiger partial charge in [0.15, 0.2) is 5.69 Å². The molecule has 1 atom stereocenters. The Bertz CT molecular complexity index is 888. The molecule has 136 valence electrons. The molecule has 1 fully saturated rings. The highest BCUT2D eigenvalue weighted by atomic mass is 35.5. The Morgan fingerprint density at radius 2 is 2.23 bits per heavy atom. The fourth-order valence-corrected chi connectivity index (χ4v) is 3.41. The highest BCUT2D eigenvalue weighted by Gasteiger charge is 2.35. The van der Waals surface area contributed by atoms with Crippen LogP contribution in [0.25, 0.3) is 0 Å². The molecule has 0 spiro atoms. The van der Waals surface area contributed by atoms with Crippen LogP contribution in [0.4, 0.5) is 10.1 Å². The second kappa shape index (κ2) is 7.38. The smallest absolute Gasteiger partial charge is 0.355 e. The highest BCUT2D eigenvalue weighted by molar-refractivity contribution is 7.09. The zero-order chi connectivity index (χ0) is 18.8. The molecule has 0 saturated carbocycles. The Morgan fingerprint density at radius 1 is 1.46 bits per heavy atom. The van der Waals surface area contributed by atoms with E-state index < -0.39 is 17.7 Å². The molecule has 2 N–H and O–H groups in total. The van der Waals surface area contributed by atoms with Crippen molar-refractivity contribution in [1.29, 1.82) is 0 Å². The maximum Gasteiger partial charge on any atom is 0.355 e. The summed E-state index contributed by atoms with van der Waals surface area (Å²) >= 11 is 6.76. The Balaban J connectivity index is 1.61. The van der Waals surface area contributed by atoms with Gasteiger partial charge in [0.2, 0.25) is 11.8 Å². The van der Waals surface area contributed by atoms with Crippen LogP contribution in [0.15, 0.2) is 23.6 Å². The van der Waals surface area contributed by atoms with Crippen molar-refractivity contribution in [2.45, 2.75) is 13.0 Å². The number of carboxylic acids is 1. The van der Waals surface area contributed by atoms with E-state index in [1.54, 1.807) is 0 Å². The summed E-state index contributed by atoms with van der Waals surface area (Å²) in [6.07, 6.45) is 0.00826. The quantitative estimate of drug-likeness (QED) is 0.806. The standard InChI is InChI=1S/C16H13ClFN3O4S/c17-10-2-1-9(4-11(10)18)21-6-8(3-14(21)22)15(23)19-5-13-20-12(7-26-13)16(24)25/h1-2,4,7-8H,3,5-6H2,(H,19,23)(H,24,25). The first-order valence-corrected chi connectivity index (χ1v) is 8.81. The van der Waals surface area contributed by atoms with Crippen LogP contribution in [0.1, 0.15) is 21.9 Å². The van der Waals surface area contributed by atoms with Gasteiger partial charge in [-0.2, -0.15) is 0 Å². The van der Waals surface area contributed by atoms with Crippen LogP contribution in [0.3, 0.4) is 0 Å². The molecule has 0 bridgehead atoms. The summed E-state index contributed by atoms with van der Waals surface area (Å²) in [4.78, 5) is 40.4. The number of halogens is 2. The van der Waals surface area contributed by atoms with Gasteiger partial charge in [0.25, 0.3) is 0 Å². The SMILES string of the molecule is O=C(O)c1csc(CNC(=O)C2CC(=O)N(c3ccc(Cl)c(F)c3)C2)n1. The first kappa shape index (κ1) is 18.3. The van der Waals surface area contributed by atoms with Gasteiger partial charge in [-0.15, -0.1) is 11.3 Å². The van der Waals surface area contributed by atoms with E-state index in [1.165, 1.54) is 22.4 Å². The summed E-state index contributed by atoms with van der Waals surface area (Å²) in [6, 6.07) is 4.03. The lowest BCUT2D eigenvalue weighted by molar-refractivity contribution is -0.126. The van der Waals surface area contributed by atoms with Crippen molar-refractivity contribution in [1.82, 2.24) is 10.3 Å². The van der Waals surface area contributed by atoms with Gasteiger partial charge in [-0.3, -0.25) is 9.59 Å². The van der Waals surface area contributed by atoms with Crippen LogP contribution in [0.5, 0.6) is 0 Å². The number of benzene rings is 1. The van der Waals surface area contributed by atoms with Crippen LogP contribution in [0.2, 0.25) is 5.02 Å². The lowest BCUT2D eigenvalue weighted by Gasteiger charge is -2.17. The van der Waals surface area contributed by atoms with Crippen LogP contribution in [-0.4, -0.2) is 34.4 Å². The topological polar surface area (TPSA) is 99.6 Å². The minimum Gasteiger partial charge on any atom is -0.476 e. The summed E-state index contributed by atoms with van der Waals surface area (Å²) in [7, 11) is 0. The van der Waals surface area contributed by atoms with Gasteiger partial charge in [-0.25, -0.2) is 14.2 Å². The molecule has 1 aromatic heterocycles. The third kappa shape index (κ3) is 3.83. The summed E-state index contributed by atoms with van der Waals surface area (Å²) < 4.78 is 13.6.